The Morgan fingerprint density at radius 2 is 2.03 bits per heavy atom. The van der Waals surface area contributed by atoms with Crippen molar-refractivity contribution in [3.8, 4) is 0 Å². The van der Waals surface area contributed by atoms with Gasteiger partial charge in [0.15, 0.2) is 0 Å². The van der Waals surface area contributed by atoms with Crippen LogP contribution in [0.15, 0.2) is 42.6 Å². The van der Waals surface area contributed by atoms with Crippen LogP contribution in [0.2, 0.25) is 0 Å². The molecule has 10 nitrogen and oxygen atoms in total. The molecule has 2 aromatic rings. The second-order valence-corrected chi connectivity index (χ2v) is 9.11. The summed E-state index contributed by atoms with van der Waals surface area (Å²) in [5, 5.41) is 3.67. The lowest BCUT2D eigenvalue weighted by molar-refractivity contribution is -0.136. The number of aromatic nitrogens is 1. The highest BCUT2D eigenvalue weighted by atomic mass is 16.5. The molecule has 1 saturated heterocycles. The van der Waals surface area contributed by atoms with Crippen LogP contribution in [0.1, 0.15) is 59.3 Å². The summed E-state index contributed by atoms with van der Waals surface area (Å²) < 4.78 is 5.83. The van der Waals surface area contributed by atoms with Crippen LogP contribution in [0.3, 0.4) is 0 Å². The minimum Gasteiger partial charge on any atom is -0.397 e. The second-order valence-electron chi connectivity index (χ2n) is 9.11. The van der Waals surface area contributed by atoms with Crippen LogP contribution in [0, 0.1) is 0 Å². The number of nitrogens with one attached hydrogen (secondary N) is 1. The summed E-state index contributed by atoms with van der Waals surface area (Å²) in [5.41, 5.74) is 9.51. The third-order valence-electron chi connectivity index (χ3n) is 6.71. The number of hydrazine groups is 1. The van der Waals surface area contributed by atoms with E-state index in [9.17, 15) is 14.4 Å². The number of fused-ring (bicyclic) bond motifs is 1. The summed E-state index contributed by atoms with van der Waals surface area (Å²) in [4.78, 5) is 42.7. The van der Waals surface area contributed by atoms with Crippen molar-refractivity contribution in [2.75, 3.05) is 5.01 Å². The van der Waals surface area contributed by atoms with Gasteiger partial charge < -0.3 is 15.4 Å². The third kappa shape index (κ3) is 4.75. The van der Waals surface area contributed by atoms with Crippen molar-refractivity contribution < 1.29 is 19.1 Å². The van der Waals surface area contributed by atoms with E-state index in [0.717, 1.165) is 24.1 Å². The van der Waals surface area contributed by atoms with E-state index in [0.29, 0.717) is 41.8 Å². The number of ether oxygens (including phenoxy) is 1. The Morgan fingerprint density at radius 1 is 1.20 bits per heavy atom. The van der Waals surface area contributed by atoms with Gasteiger partial charge in [-0.05, 0) is 61.1 Å². The van der Waals surface area contributed by atoms with Gasteiger partial charge in [-0.25, -0.2) is 10.8 Å². The van der Waals surface area contributed by atoms with E-state index in [-0.39, 0.29) is 24.8 Å². The monoisotopic (exact) mass is 476 g/mol. The van der Waals surface area contributed by atoms with Gasteiger partial charge in [0.1, 0.15) is 11.9 Å². The molecule has 1 aromatic heterocycles. The summed E-state index contributed by atoms with van der Waals surface area (Å²) in [7, 11) is 0. The summed E-state index contributed by atoms with van der Waals surface area (Å²) in [5.74, 6) is 5.77. The van der Waals surface area contributed by atoms with Crippen LogP contribution in [-0.4, -0.2) is 39.8 Å². The Kier molecular flexibility index (Phi) is 6.23. The highest BCUT2D eigenvalue weighted by molar-refractivity contribution is 6.05. The van der Waals surface area contributed by atoms with Gasteiger partial charge in [0.25, 0.3) is 5.91 Å². The van der Waals surface area contributed by atoms with Gasteiger partial charge in [-0.2, -0.15) is 0 Å². The molecule has 182 valence electrons. The zero-order valence-corrected chi connectivity index (χ0v) is 19.3. The number of benzene rings is 1. The maximum absolute atomic E-state index is 12.9. The minimum absolute atomic E-state index is 0.214. The zero-order chi connectivity index (χ0) is 24.5. The van der Waals surface area contributed by atoms with Crippen molar-refractivity contribution in [2.45, 2.75) is 57.4 Å². The van der Waals surface area contributed by atoms with E-state index < -0.39 is 11.9 Å². The van der Waals surface area contributed by atoms with Crippen LogP contribution in [0.5, 0.6) is 0 Å². The summed E-state index contributed by atoms with van der Waals surface area (Å²) in [6, 6.07) is 10.2. The van der Waals surface area contributed by atoms with Gasteiger partial charge >= 0.3 is 0 Å². The molecule has 35 heavy (non-hydrogen) atoms. The van der Waals surface area contributed by atoms with E-state index >= 15 is 0 Å². The molecule has 2 fully saturated rings. The van der Waals surface area contributed by atoms with Crippen molar-refractivity contribution in [3.63, 3.8) is 0 Å². The second kappa shape index (κ2) is 9.47. The maximum Gasteiger partial charge on any atom is 0.255 e. The Labute approximate surface area is 202 Å². The molecule has 0 spiro atoms. The number of anilines is 1. The summed E-state index contributed by atoms with van der Waals surface area (Å²) in [6.07, 6.45) is 5.84. The van der Waals surface area contributed by atoms with E-state index in [4.69, 9.17) is 16.3 Å². The normalized spacial score (nSPS) is 20.5. The average Bonchev–Trinajstić information content (AvgIpc) is 3.13. The number of imide groups is 1. The van der Waals surface area contributed by atoms with Crippen LogP contribution in [-0.2, 0) is 27.5 Å². The van der Waals surface area contributed by atoms with Gasteiger partial charge in [-0.3, -0.25) is 24.7 Å². The first kappa shape index (κ1) is 23.0. The van der Waals surface area contributed by atoms with Gasteiger partial charge in [-0.1, -0.05) is 12.1 Å². The number of carbonyl (C=O) groups excluding carboxylic acids is 3. The number of rotatable bonds is 7. The Hall–Kier alpha value is -3.76. The van der Waals surface area contributed by atoms with Gasteiger partial charge in [0.05, 0.1) is 24.1 Å². The molecule has 1 aromatic carbocycles. The fraction of sp³-hybridized carbons (Fsp3) is 0.360. The summed E-state index contributed by atoms with van der Waals surface area (Å²) in [6.45, 7) is 0.715. The first-order valence-electron chi connectivity index (χ1n) is 11.8. The predicted molar refractivity (Wildman–Crippen MR) is 128 cm³/mol. The molecule has 3 amide bonds. The molecule has 1 saturated carbocycles. The Balaban J connectivity index is 1.28. The number of hydrogen-bond donors (Lipinski definition) is 3. The molecule has 0 bridgehead atoms. The van der Waals surface area contributed by atoms with Gasteiger partial charge in [-0.15, -0.1) is 0 Å². The van der Waals surface area contributed by atoms with Crippen LogP contribution < -0.4 is 21.9 Å². The van der Waals surface area contributed by atoms with Gasteiger partial charge in [0, 0.05) is 24.7 Å². The number of nitrogens with two attached hydrogens (primary N) is 2. The number of amides is 3. The molecule has 3 aliphatic rings. The number of pyridine rings is 1. The van der Waals surface area contributed by atoms with E-state index in [2.05, 4.69) is 10.3 Å². The first-order valence-corrected chi connectivity index (χ1v) is 11.8. The standard InChI is InChI=1S/C25H28N6O4/c26-20(13-31(27)22-6-1-3-17(28-22)14-35-18-4-2-5-18)15-7-8-19-16(11-15)12-30(25(19)34)21-9-10-23(32)29-24(21)33/h1,3,6-8,11,13,18,21H,2,4-5,9-10,12,14,26-27H2,(H,29,32,33)/b20-13-. The fourth-order valence-electron chi connectivity index (χ4n) is 4.48. The van der Waals surface area contributed by atoms with E-state index in [1.165, 1.54) is 16.3 Å². The quantitative estimate of drug-likeness (QED) is 0.310. The molecule has 1 atom stereocenters. The number of carbonyl (C=O) groups is 3. The molecule has 1 aliphatic carbocycles. The predicted octanol–water partition coefficient (Wildman–Crippen LogP) is 1.55. The van der Waals surface area contributed by atoms with Crippen molar-refractivity contribution >= 4 is 29.2 Å². The van der Waals surface area contributed by atoms with E-state index in [1.54, 1.807) is 24.4 Å². The Bertz CT molecular complexity index is 1210. The zero-order valence-electron chi connectivity index (χ0n) is 19.3. The minimum atomic E-state index is -0.657. The smallest absolute Gasteiger partial charge is 0.255 e. The topological polar surface area (TPSA) is 144 Å². The molecule has 3 heterocycles. The van der Waals surface area contributed by atoms with Crippen molar-refractivity contribution in [1.29, 1.82) is 0 Å². The van der Waals surface area contributed by atoms with Crippen molar-refractivity contribution in [2.24, 2.45) is 11.6 Å². The molecule has 2 aliphatic heterocycles. The third-order valence-corrected chi connectivity index (χ3v) is 6.71. The van der Waals surface area contributed by atoms with Crippen LogP contribution in [0.25, 0.3) is 5.70 Å². The SMILES string of the molecule is N/C(=C\N(N)c1cccc(COC2CCC2)n1)c1ccc2c(c1)CN(C1CCC(=O)NC1=O)C2=O. The lowest BCUT2D eigenvalue weighted by atomic mass is 9.96. The summed E-state index contributed by atoms with van der Waals surface area (Å²) >= 11 is 0. The fourth-order valence-corrected chi connectivity index (χ4v) is 4.48. The Morgan fingerprint density at radius 3 is 2.77 bits per heavy atom. The molecule has 5 N–H and O–H groups in total. The van der Waals surface area contributed by atoms with Crippen LogP contribution in [0.4, 0.5) is 5.82 Å². The number of nitrogens with zero attached hydrogens (tertiary/aromatic N) is 3. The molecular formula is C25H28N6O4. The largest absolute Gasteiger partial charge is 0.397 e. The number of hydrogen-bond acceptors (Lipinski definition) is 8. The maximum atomic E-state index is 12.9. The van der Waals surface area contributed by atoms with Crippen molar-refractivity contribution in [3.05, 3.63) is 65.0 Å². The highest BCUT2D eigenvalue weighted by Gasteiger charge is 2.39. The van der Waals surface area contributed by atoms with Crippen LogP contribution >= 0.6 is 0 Å². The highest BCUT2D eigenvalue weighted by Crippen LogP contribution is 2.29. The van der Waals surface area contributed by atoms with E-state index in [1.807, 2.05) is 18.2 Å². The van der Waals surface area contributed by atoms with Crippen molar-refractivity contribution in [1.82, 2.24) is 15.2 Å². The lowest BCUT2D eigenvalue weighted by Crippen LogP contribution is -2.52. The first-order chi connectivity index (χ1) is 16.9. The molecule has 1 unspecified atom stereocenters. The lowest BCUT2D eigenvalue weighted by Gasteiger charge is -2.29. The molecule has 5 rings (SSSR count). The molecule has 0 radical (unpaired) electrons. The average molecular weight is 477 g/mol. The molecule has 10 heteroatoms. The van der Waals surface area contributed by atoms with Gasteiger partial charge in [0.2, 0.25) is 11.8 Å². The molecular weight excluding hydrogens is 448 g/mol. The number of piperidine rings is 1.